The number of nitrogen functional groups attached to an aromatic ring is 1. The molecule has 112 valence electrons. The van der Waals surface area contributed by atoms with Crippen molar-refractivity contribution in [3.8, 4) is 5.75 Å². The summed E-state index contributed by atoms with van der Waals surface area (Å²) in [5.74, 6) is 6.76. The van der Waals surface area contributed by atoms with Crippen molar-refractivity contribution in [2.45, 2.75) is 32.8 Å². The fourth-order valence-corrected chi connectivity index (χ4v) is 2.18. The third kappa shape index (κ3) is 3.86. The molecule has 0 unspecified atom stereocenters. The highest BCUT2D eigenvalue weighted by molar-refractivity contribution is 6.31. The molecule has 0 atom stereocenters. The van der Waals surface area contributed by atoms with E-state index in [-0.39, 0.29) is 5.41 Å². The SMILES string of the molecule is CC(C)(C)c1ccccc1OCc1nc(NN)ccc1Cl. The molecular formula is C16H20ClN3O. The van der Waals surface area contributed by atoms with Crippen LogP contribution in [0, 0.1) is 0 Å². The summed E-state index contributed by atoms with van der Waals surface area (Å²) in [6.45, 7) is 6.75. The Hall–Kier alpha value is -1.78. The van der Waals surface area contributed by atoms with Crippen molar-refractivity contribution in [3.63, 3.8) is 0 Å². The number of nitrogens with zero attached hydrogens (tertiary/aromatic N) is 1. The number of benzene rings is 1. The third-order valence-electron chi connectivity index (χ3n) is 3.13. The van der Waals surface area contributed by atoms with Gasteiger partial charge in [0.1, 0.15) is 18.2 Å². The normalized spacial score (nSPS) is 11.3. The van der Waals surface area contributed by atoms with Crippen molar-refractivity contribution in [2.24, 2.45) is 5.84 Å². The number of aromatic nitrogens is 1. The first-order valence-electron chi connectivity index (χ1n) is 6.76. The molecule has 0 aliphatic rings. The Morgan fingerprint density at radius 1 is 1.19 bits per heavy atom. The van der Waals surface area contributed by atoms with Gasteiger partial charge in [-0.2, -0.15) is 0 Å². The lowest BCUT2D eigenvalue weighted by atomic mass is 9.86. The van der Waals surface area contributed by atoms with Crippen LogP contribution in [-0.4, -0.2) is 4.98 Å². The third-order valence-corrected chi connectivity index (χ3v) is 3.47. The Bertz CT molecular complexity index is 623. The summed E-state index contributed by atoms with van der Waals surface area (Å²) in [5.41, 5.74) is 4.31. The van der Waals surface area contributed by atoms with Crippen molar-refractivity contribution in [1.82, 2.24) is 4.98 Å². The number of para-hydroxylation sites is 1. The molecule has 0 fully saturated rings. The summed E-state index contributed by atoms with van der Waals surface area (Å²) in [5, 5.41) is 0.558. The largest absolute Gasteiger partial charge is 0.487 e. The second-order valence-electron chi connectivity index (χ2n) is 5.80. The summed E-state index contributed by atoms with van der Waals surface area (Å²) in [7, 11) is 0. The molecule has 1 aromatic carbocycles. The molecule has 0 radical (unpaired) electrons. The number of pyridine rings is 1. The zero-order valence-electron chi connectivity index (χ0n) is 12.5. The zero-order valence-corrected chi connectivity index (χ0v) is 13.2. The minimum Gasteiger partial charge on any atom is -0.487 e. The quantitative estimate of drug-likeness (QED) is 0.664. The molecule has 0 aliphatic carbocycles. The second kappa shape index (κ2) is 6.33. The van der Waals surface area contributed by atoms with Crippen LogP contribution >= 0.6 is 11.6 Å². The Kier molecular flexibility index (Phi) is 4.70. The van der Waals surface area contributed by atoms with Crippen molar-refractivity contribution >= 4 is 17.4 Å². The first-order chi connectivity index (χ1) is 9.91. The molecule has 2 rings (SSSR count). The lowest BCUT2D eigenvalue weighted by molar-refractivity contribution is 0.293. The van der Waals surface area contributed by atoms with Crippen molar-refractivity contribution in [2.75, 3.05) is 5.43 Å². The van der Waals surface area contributed by atoms with Gasteiger partial charge >= 0.3 is 0 Å². The molecule has 0 amide bonds. The molecule has 3 N–H and O–H groups in total. The lowest BCUT2D eigenvalue weighted by Crippen LogP contribution is -2.14. The highest BCUT2D eigenvalue weighted by Crippen LogP contribution is 2.31. The Morgan fingerprint density at radius 2 is 1.90 bits per heavy atom. The van der Waals surface area contributed by atoms with Gasteiger partial charge in [-0.3, -0.25) is 0 Å². The number of halogens is 1. The number of rotatable bonds is 4. The minimum absolute atomic E-state index is 0.00841. The van der Waals surface area contributed by atoms with E-state index < -0.39 is 0 Å². The van der Waals surface area contributed by atoms with Crippen LogP contribution in [-0.2, 0) is 12.0 Å². The van der Waals surface area contributed by atoms with Crippen LogP contribution in [0.4, 0.5) is 5.82 Å². The molecule has 2 aromatic rings. The van der Waals surface area contributed by atoms with Crippen LogP contribution in [0.1, 0.15) is 32.0 Å². The molecule has 0 bridgehead atoms. The van der Waals surface area contributed by atoms with Crippen LogP contribution in [0.15, 0.2) is 36.4 Å². The van der Waals surface area contributed by atoms with E-state index in [0.717, 1.165) is 11.3 Å². The Labute approximate surface area is 130 Å². The Morgan fingerprint density at radius 3 is 2.57 bits per heavy atom. The van der Waals surface area contributed by atoms with Crippen LogP contribution in [0.5, 0.6) is 5.75 Å². The number of hydrazine groups is 1. The number of anilines is 1. The van der Waals surface area contributed by atoms with Crippen LogP contribution < -0.4 is 16.0 Å². The highest BCUT2D eigenvalue weighted by atomic mass is 35.5. The molecule has 0 saturated carbocycles. The summed E-state index contributed by atoms with van der Waals surface area (Å²) in [6, 6.07) is 11.5. The van der Waals surface area contributed by atoms with Crippen LogP contribution in [0.2, 0.25) is 5.02 Å². The molecular weight excluding hydrogens is 286 g/mol. The summed E-state index contributed by atoms with van der Waals surface area (Å²) in [4.78, 5) is 4.30. The molecule has 0 saturated heterocycles. The summed E-state index contributed by atoms with van der Waals surface area (Å²) >= 11 is 6.14. The van der Waals surface area contributed by atoms with Gasteiger partial charge in [0.05, 0.1) is 10.7 Å². The predicted octanol–water partition coefficient (Wildman–Crippen LogP) is 3.90. The zero-order chi connectivity index (χ0) is 15.5. The maximum Gasteiger partial charge on any atom is 0.140 e. The van der Waals surface area contributed by atoms with Gasteiger partial charge in [-0.1, -0.05) is 50.6 Å². The second-order valence-corrected chi connectivity index (χ2v) is 6.21. The van der Waals surface area contributed by atoms with Gasteiger partial charge in [-0.15, -0.1) is 0 Å². The van der Waals surface area contributed by atoms with Gasteiger partial charge in [0, 0.05) is 0 Å². The topological polar surface area (TPSA) is 60.2 Å². The van der Waals surface area contributed by atoms with E-state index in [9.17, 15) is 0 Å². The first-order valence-corrected chi connectivity index (χ1v) is 7.14. The lowest BCUT2D eigenvalue weighted by Gasteiger charge is -2.22. The van der Waals surface area contributed by atoms with E-state index >= 15 is 0 Å². The maximum atomic E-state index is 6.14. The standard InChI is InChI=1S/C16H20ClN3O/c1-16(2,3)11-6-4-5-7-14(11)21-10-13-12(17)8-9-15(19-13)20-18/h4-9H,10,18H2,1-3H3,(H,19,20). The highest BCUT2D eigenvalue weighted by Gasteiger charge is 2.18. The number of hydrogen-bond acceptors (Lipinski definition) is 4. The van der Waals surface area contributed by atoms with Gasteiger partial charge in [-0.25, -0.2) is 10.8 Å². The number of ether oxygens (including phenoxy) is 1. The van der Waals surface area contributed by atoms with Gasteiger partial charge in [0.15, 0.2) is 0 Å². The van der Waals surface area contributed by atoms with Gasteiger partial charge in [-0.05, 0) is 29.2 Å². The molecule has 0 aliphatic heterocycles. The summed E-state index contributed by atoms with van der Waals surface area (Å²) in [6.07, 6.45) is 0. The maximum absolute atomic E-state index is 6.14. The molecule has 1 heterocycles. The molecule has 5 heteroatoms. The van der Waals surface area contributed by atoms with Crippen molar-refractivity contribution < 1.29 is 4.74 Å². The molecule has 21 heavy (non-hydrogen) atoms. The van der Waals surface area contributed by atoms with E-state index in [1.54, 1.807) is 12.1 Å². The van der Waals surface area contributed by atoms with Gasteiger partial charge in [0.2, 0.25) is 0 Å². The number of nitrogens with two attached hydrogens (primary N) is 1. The Balaban J connectivity index is 2.21. The molecule has 1 aromatic heterocycles. The van der Waals surface area contributed by atoms with Gasteiger partial charge in [0.25, 0.3) is 0 Å². The fourth-order valence-electron chi connectivity index (χ4n) is 2.02. The van der Waals surface area contributed by atoms with E-state index in [2.05, 4.69) is 37.2 Å². The number of nitrogens with one attached hydrogen (secondary N) is 1. The monoisotopic (exact) mass is 305 g/mol. The van der Waals surface area contributed by atoms with E-state index in [1.165, 1.54) is 0 Å². The average Bonchev–Trinajstić information content (AvgIpc) is 2.46. The molecule has 4 nitrogen and oxygen atoms in total. The summed E-state index contributed by atoms with van der Waals surface area (Å²) < 4.78 is 5.91. The molecule has 0 spiro atoms. The van der Waals surface area contributed by atoms with Crippen LogP contribution in [0.25, 0.3) is 0 Å². The smallest absolute Gasteiger partial charge is 0.140 e. The predicted molar refractivity (Wildman–Crippen MR) is 86.5 cm³/mol. The fraction of sp³-hybridized carbons (Fsp3) is 0.312. The first kappa shape index (κ1) is 15.6. The van der Waals surface area contributed by atoms with E-state index in [4.69, 9.17) is 22.2 Å². The number of hydrogen-bond donors (Lipinski definition) is 2. The minimum atomic E-state index is 0.00841. The van der Waals surface area contributed by atoms with E-state index in [1.807, 2.05) is 18.2 Å². The van der Waals surface area contributed by atoms with Crippen molar-refractivity contribution in [1.29, 1.82) is 0 Å². The van der Waals surface area contributed by atoms with Gasteiger partial charge < -0.3 is 10.2 Å². The van der Waals surface area contributed by atoms with E-state index in [0.29, 0.717) is 23.1 Å². The van der Waals surface area contributed by atoms with Crippen LogP contribution in [0.3, 0.4) is 0 Å². The van der Waals surface area contributed by atoms with Crippen molar-refractivity contribution in [3.05, 3.63) is 52.7 Å². The average molecular weight is 306 g/mol.